The third-order valence-corrected chi connectivity index (χ3v) is 2.80. The molecule has 7 nitrogen and oxygen atoms in total. The number of aliphatic carboxylic acids is 1. The molecule has 0 radical (unpaired) electrons. The molecule has 18 heavy (non-hydrogen) atoms. The van der Waals surface area contributed by atoms with Crippen molar-refractivity contribution in [2.24, 2.45) is 0 Å². The molecule has 0 aliphatic rings. The zero-order valence-electron chi connectivity index (χ0n) is 8.99. The molecule has 0 saturated heterocycles. The lowest BCUT2D eigenvalue weighted by Crippen LogP contribution is -1.97. The van der Waals surface area contributed by atoms with E-state index in [1.807, 2.05) is 0 Å². The normalized spacial score (nSPS) is 10.4. The van der Waals surface area contributed by atoms with Crippen molar-refractivity contribution in [2.45, 2.75) is 5.16 Å². The molecule has 1 aromatic carbocycles. The Morgan fingerprint density at radius 2 is 1.94 bits per heavy atom. The van der Waals surface area contributed by atoms with Crippen molar-refractivity contribution in [1.82, 2.24) is 15.2 Å². The van der Waals surface area contributed by atoms with Gasteiger partial charge in [0.15, 0.2) is 5.82 Å². The van der Waals surface area contributed by atoms with E-state index in [0.717, 1.165) is 11.8 Å². The molecule has 0 amide bonds. The number of carbonyl (C=O) groups is 1. The van der Waals surface area contributed by atoms with Crippen molar-refractivity contribution >= 4 is 17.7 Å². The number of hydrogen-bond donors (Lipinski definition) is 4. The summed E-state index contributed by atoms with van der Waals surface area (Å²) in [6, 6.07) is 4.01. The zero-order valence-corrected chi connectivity index (χ0v) is 9.81. The number of aromatic nitrogens is 3. The van der Waals surface area contributed by atoms with Gasteiger partial charge in [-0.3, -0.25) is 9.89 Å². The average Bonchev–Trinajstić information content (AvgIpc) is 2.73. The number of phenols is 2. The van der Waals surface area contributed by atoms with Gasteiger partial charge in [0, 0.05) is 11.6 Å². The van der Waals surface area contributed by atoms with E-state index in [2.05, 4.69) is 15.2 Å². The van der Waals surface area contributed by atoms with Gasteiger partial charge in [-0.1, -0.05) is 11.8 Å². The summed E-state index contributed by atoms with van der Waals surface area (Å²) in [5.41, 5.74) is 0.460. The fourth-order valence-corrected chi connectivity index (χ4v) is 1.82. The van der Waals surface area contributed by atoms with Crippen LogP contribution in [0.3, 0.4) is 0 Å². The summed E-state index contributed by atoms with van der Waals surface area (Å²) in [6.07, 6.45) is 0. The Hall–Kier alpha value is -2.22. The number of nitrogens with zero attached hydrogens (tertiary/aromatic N) is 2. The van der Waals surface area contributed by atoms with E-state index in [0.29, 0.717) is 11.4 Å². The lowest BCUT2D eigenvalue weighted by molar-refractivity contribution is -0.133. The third-order valence-electron chi connectivity index (χ3n) is 1.97. The molecule has 0 unspecified atom stereocenters. The van der Waals surface area contributed by atoms with Crippen LogP contribution in [-0.2, 0) is 4.79 Å². The SMILES string of the molecule is O=C(O)CSc1n[nH]c(-c2cc(O)cc(O)c2)n1. The molecule has 1 aromatic heterocycles. The Labute approximate surface area is 106 Å². The van der Waals surface area contributed by atoms with Crippen LogP contribution >= 0.6 is 11.8 Å². The van der Waals surface area contributed by atoms with E-state index in [-0.39, 0.29) is 22.4 Å². The quantitative estimate of drug-likeness (QED) is 0.611. The fraction of sp³-hybridized carbons (Fsp3) is 0.100. The Balaban J connectivity index is 2.21. The number of aromatic amines is 1. The minimum absolute atomic E-state index is 0.0962. The van der Waals surface area contributed by atoms with E-state index in [4.69, 9.17) is 5.11 Å². The summed E-state index contributed by atoms with van der Waals surface area (Å²) >= 11 is 0.974. The number of hydrogen-bond acceptors (Lipinski definition) is 6. The molecule has 0 atom stereocenters. The Kier molecular flexibility index (Phi) is 3.38. The molecule has 2 rings (SSSR count). The molecular formula is C10H9N3O4S. The van der Waals surface area contributed by atoms with Crippen LogP contribution in [-0.4, -0.2) is 42.2 Å². The molecule has 0 spiro atoms. The van der Waals surface area contributed by atoms with Crippen molar-refractivity contribution in [2.75, 3.05) is 5.75 Å². The van der Waals surface area contributed by atoms with Gasteiger partial charge in [-0.2, -0.15) is 0 Å². The summed E-state index contributed by atoms with van der Waals surface area (Å²) < 4.78 is 0. The first kappa shape index (κ1) is 12.2. The van der Waals surface area contributed by atoms with Crippen LogP contribution < -0.4 is 0 Å². The van der Waals surface area contributed by atoms with Gasteiger partial charge in [0.25, 0.3) is 0 Å². The molecule has 0 saturated carbocycles. The number of carboxylic acids is 1. The minimum atomic E-state index is -0.957. The Morgan fingerprint density at radius 3 is 2.56 bits per heavy atom. The van der Waals surface area contributed by atoms with Gasteiger partial charge < -0.3 is 15.3 Å². The smallest absolute Gasteiger partial charge is 0.313 e. The lowest BCUT2D eigenvalue weighted by Gasteiger charge is -1.99. The van der Waals surface area contributed by atoms with Gasteiger partial charge in [-0.25, -0.2) is 4.98 Å². The molecule has 0 aliphatic heterocycles. The summed E-state index contributed by atoms with van der Waals surface area (Å²) in [5.74, 6) is -0.944. The summed E-state index contributed by atoms with van der Waals surface area (Å²) in [4.78, 5) is 14.4. The first-order valence-electron chi connectivity index (χ1n) is 4.85. The van der Waals surface area contributed by atoms with Gasteiger partial charge in [0.05, 0.1) is 5.75 Å². The molecule has 4 N–H and O–H groups in total. The van der Waals surface area contributed by atoms with Crippen molar-refractivity contribution < 1.29 is 20.1 Å². The van der Waals surface area contributed by atoms with Crippen molar-refractivity contribution in [3.8, 4) is 22.9 Å². The van der Waals surface area contributed by atoms with Crippen LogP contribution in [0, 0.1) is 0 Å². The predicted octanol–water partition coefficient (Wildman–Crippen LogP) is 1.06. The third kappa shape index (κ3) is 2.92. The summed E-state index contributed by atoms with van der Waals surface area (Å²) in [5, 5.41) is 33.9. The van der Waals surface area contributed by atoms with E-state index in [9.17, 15) is 15.0 Å². The number of carboxylic acid groups (broad SMARTS) is 1. The number of benzene rings is 1. The molecule has 0 fully saturated rings. The van der Waals surface area contributed by atoms with Crippen LogP contribution in [0.15, 0.2) is 23.4 Å². The maximum Gasteiger partial charge on any atom is 0.313 e. The van der Waals surface area contributed by atoms with Crippen LogP contribution in [0.1, 0.15) is 0 Å². The van der Waals surface area contributed by atoms with Gasteiger partial charge in [-0.05, 0) is 12.1 Å². The number of nitrogens with one attached hydrogen (secondary N) is 1. The van der Waals surface area contributed by atoms with Crippen molar-refractivity contribution in [1.29, 1.82) is 0 Å². The minimum Gasteiger partial charge on any atom is -0.508 e. The summed E-state index contributed by atoms with van der Waals surface area (Å²) in [6.45, 7) is 0. The van der Waals surface area contributed by atoms with Gasteiger partial charge >= 0.3 is 5.97 Å². The molecule has 1 heterocycles. The second-order valence-electron chi connectivity index (χ2n) is 3.39. The zero-order chi connectivity index (χ0) is 13.1. The number of thioether (sulfide) groups is 1. The highest BCUT2D eigenvalue weighted by molar-refractivity contribution is 7.99. The first-order valence-corrected chi connectivity index (χ1v) is 5.83. The van der Waals surface area contributed by atoms with Gasteiger partial charge in [-0.15, -0.1) is 5.10 Å². The monoisotopic (exact) mass is 267 g/mol. The molecule has 0 aliphatic carbocycles. The van der Waals surface area contributed by atoms with Crippen LogP contribution in [0.2, 0.25) is 0 Å². The van der Waals surface area contributed by atoms with E-state index >= 15 is 0 Å². The van der Waals surface area contributed by atoms with E-state index in [1.165, 1.54) is 18.2 Å². The van der Waals surface area contributed by atoms with Gasteiger partial charge in [0.1, 0.15) is 11.5 Å². The standard InChI is InChI=1S/C10H9N3O4S/c14-6-1-5(2-7(15)3-6)9-11-10(13-12-9)18-4-8(16)17/h1-3,14-15H,4H2,(H,16,17)(H,11,12,13). The molecule has 2 aromatic rings. The highest BCUT2D eigenvalue weighted by Crippen LogP contribution is 2.27. The van der Waals surface area contributed by atoms with Gasteiger partial charge in [0.2, 0.25) is 5.16 Å². The Bertz CT molecular complexity index is 564. The van der Waals surface area contributed by atoms with E-state index in [1.54, 1.807) is 0 Å². The van der Waals surface area contributed by atoms with Crippen LogP contribution in [0.25, 0.3) is 11.4 Å². The second-order valence-corrected chi connectivity index (χ2v) is 4.33. The Morgan fingerprint density at radius 1 is 1.28 bits per heavy atom. The maximum absolute atomic E-state index is 10.4. The summed E-state index contributed by atoms with van der Waals surface area (Å²) in [7, 11) is 0. The molecular weight excluding hydrogens is 258 g/mol. The van der Waals surface area contributed by atoms with Crippen molar-refractivity contribution in [3.63, 3.8) is 0 Å². The van der Waals surface area contributed by atoms with Crippen LogP contribution in [0.4, 0.5) is 0 Å². The number of rotatable bonds is 4. The first-order chi connectivity index (χ1) is 8.54. The molecule has 94 valence electrons. The predicted molar refractivity (Wildman–Crippen MR) is 63.5 cm³/mol. The van der Waals surface area contributed by atoms with Crippen molar-refractivity contribution in [3.05, 3.63) is 18.2 Å². The highest BCUT2D eigenvalue weighted by atomic mass is 32.2. The largest absolute Gasteiger partial charge is 0.508 e. The number of H-pyrrole nitrogens is 1. The lowest BCUT2D eigenvalue weighted by atomic mass is 10.2. The highest BCUT2D eigenvalue weighted by Gasteiger charge is 2.09. The topological polar surface area (TPSA) is 119 Å². The molecule has 0 bridgehead atoms. The molecule has 8 heteroatoms. The van der Waals surface area contributed by atoms with Crippen LogP contribution in [0.5, 0.6) is 11.5 Å². The fourth-order valence-electron chi connectivity index (χ4n) is 1.30. The van der Waals surface area contributed by atoms with E-state index < -0.39 is 5.97 Å². The number of phenolic OH excluding ortho intramolecular Hbond substituents is 2. The second kappa shape index (κ2) is 4.96. The number of aromatic hydroxyl groups is 2. The average molecular weight is 267 g/mol. The maximum atomic E-state index is 10.4.